The molecule has 1 aliphatic heterocycles. The molecule has 0 bridgehead atoms. The van der Waals surface area contributed by atoms with E-state index in [1.54, 1.807) is 26.0 Å². The fraction of sp³-hybridized carbons (Fsp3) is 0.350. The van der Waals surface area contributed by atoms with Gasteiger partial charge in [0, 0.05) is 5.39 Å². The molecule has 0 radical (unpaired) electrons. The van der Waals surface area contributed by atoms with Crippen molar-refractivity contribution < 1.29 is 28.2 Å². The molecule has 0 saturated heterocycles. The maximum Gasteiger partial charge on any atom is 0.375 e. The summed E-state index contributed by atoms with van der Waals surface area (Å²) in [6.45, 7) is 7.24. The summed E-state index contributed by atoms with van der Waals surface area (Å²) in [5, 5.41) is 0.523. The van der Waals surface area contributed by atoms with E-state index < -0.39 is 23.7 Å². The maximum atomic E-state index is 12.7. The number of aryl methyl sites for hydroxylation is 2. The Morgan fingerprint density at radius 2 is 1.82 bits per heavy atom. The maximum absolute atomic E-state index is 12.7. The zero-order valence-electron chi connectivity index (χ0n) is 15.9. The van der Waals surface area contributed by atoms with Crippen molar-refractivity contribution in [3.05, 3.63) is 55.6 Å². The van der Waals surface area contributed by atoms with Gasteiger partial charge in [0.15, 0.2) is 6.10 Å². The fourth-order valence-corrected chi connectivity index (χ4v) is 3.32. The fourth-order valence-electron chi connectivity index (χ4n) is 3.00. The number of carbonyl (C=O) groups excluding carboxylic acids is 2. The van der Waals surface area contributed by atoms with Crippen molar-refractivity contribution in [3.8, 4) is 0 Å². The number of esters is 2. The lowest BCUT2D eigenvalue weighted by Crippen LogP contribution is -2.20. The van der Waals surface area contributed by atoms with E-state index in [0.29, 0.717) is 11.0 Å². The van der Waals surface area contributed by atoms with Crippen LogP contribution in [0.3, 0.4) is 0 Å². The molecule has 0 fully saturated rings. The molecule has 0 amide bonds. The average Bonchev–Trinajstić information content (AvgIpc) is 2.94. The molecule has 0 N–H and O–H groups in total. The Balaban J connectivity index is 2.25. The van der Waals surface area contributed by atoms with E-state index in [2.05, 4.69) is 0 Å². The van der Waals surface area contributed by atoms with Crippen LogP contribution in [0.2, 0.25) is 5.02 Å². The molecule has 2 heterocycles. The summed E-state index contributed by atoms with van der Waals surface area (Å²) >= 11 is 6.50. The summed E-state index contributed by atoms with van der Waals surface area (Å²) in [7, 11) is 0. The van der Waals surface area contributed by atoms with Crippen molar-refractivity contribution in [2.24, 2.45) is 0 Å². The molecule has 7 nitrogen and oxygen atoms in total. The second-order valence-corrected chi connectivity index (χ2v) is 6.61. The van der Waals surface area contributed by atoms with Crippen LogP contribution < -0.4 is 5.63 Å². The Kier molecular flexibility index (Phi) is 5.47. The van der Waals surface area contributed by atoms with Crippen LogP contribution in [0.25, 0.3) is 11.0 Å². The molecule has 0 aliphatic carbocycles. The lowest BCUT2D eigenvalue weighted by molar-refractivity contribution is -0.143. The highest BCUT2D eigenvalue weighted by Gasteiger charge is 2.44. The molecule has 1 atom stereocenters. The van der Waals surface area contributed by atoms with Crippen molar-refractivity contribution in [2.45, 2.75) is 33.8 Å². The van der Waals surface area contributed by atoms with Gasteiger partial charge in [-0.25, -0.2) is 14.4 Å². The van der Waals surface area contributed by atoms with Gasteiger partial charge >= 0.3 is 17.6 Å². The molecule has 1 aromatic carbocycles. The molecule has 0 saturated carbocycles. The van der Waals surface area contributed by atoms with Gasteiger partial charge in [-0.1, -0.05) is 11.6 Å². The summed E-state index contributed by atoms with van der Waals surface area (Å²) in [5.41, 5.74) is 1.01. The van der Waals surface area contributed by atoms with Gasteiger partial charge in [0.1, 0.15) is 16.7 Å². The van der Waals surface area contributed by atoms with Crippen molar-refractivity contribution in [3.63, 3.8) is 0 Å². The first-order valence-electron chi connectivity index (χ1n) is 8.78. The van der Waals surface area contributed by atoms with E-state index in [1.807, 2.05) is 13.8 Å². The molecule has 1 unspecified atom stereocenters. The first-order chi connectivity index (χ1) is 13.3. The highest BCUT2D eigenvalue weighted by molar-refractivity contribution is 6.36. The zero-order valence-corrected chi connectivity index (χ0v) is 16.6. The predicted octanol–water partition coefficient (Wildman–Crippen LogP) is 3.51. The van der Waals surface area contributed by atoms with Crippen LogP contribution in [-0.4, -0.2) is 25.2 Å². The Bertz CT molecular complexity index is 1060. The zero-order chi connectivity index (χ0) is 20.6. The van der Waals surface area contributed by atoms with Crippen LogP contribution in [0.15, 0.2) is 32.7 Å². The number of hydrogen-bond donors (Lipinski definition) is 0. The Morgan fingerprint density at radius 3 is 2.46 bits per heavy atom. The Hall–Kier alpha value is -2.80. The van der Waals surface area contributed by atoms with Crippen LogP contribution in [0.4, 0.5) is 0 Å². The van der Waals surface area contributed by atoms with Gasteiger partial charge in [-0.2, -0.15) is 0 Å². The Labute approximate surface area is 165 Å². The molecular weight excluding hydrogens is 388 g/mol. The summed E-state index contributed by atoms with van der Waals surface area (Å²) in [5.74, 6) is -1.98. The van der Waals surface area contributed by atoms with Gasteiger partial charge < -0.3 is 18.6 Å². The first kappa shape index (κ1) is 19.9. The van der Waals surface area contributed by atoms with Gasteiger partial charge in [0.05, 0.1) is 18.2 Å². The third kappa shape index (κ3) is 3.26. The number of fused-ring (bicyclic) bond motifs is 1. The molecule has 0 spiro atoms. The monoisotopic (exact) mass is 406 g/mol. The number of rotatable bonds is 5. The van der Waals surface area contributed by atoms with Crippen molar-refractivity contribution in [1.29, 1.82) is 0 Å². The SMILES string of the molecule is CCOC(=O)C1=C(OCC)C(=O)OC1c1c(Cl)c2cc(C)c(C)cc2oc1=O. The van der Waals surface area contributed by atoms with E-state index >= 15 is 0 Å². The van der Waals surface area contributed by atoms with E-state index in [9.17, 15) is 14.4 Å². The number of hydrogen-bond acceptors (Lipinski definition) is 7. The van der Waals surface area contributed by atoms with E-state index in [0.717, 1.165) is 11.1 Å². The molecule has 1 aromatic heterocycles. The lowest BCUT2D eigenvalue weighted by atomic mass is 10.0. The minimum absolute atomic E-state index is 0.0479. The third-order valence-electron chi connectivity index (χ3n) is 4.45. The molecule has 1 aliphatic rings. The summed E-state index contributed by atoms with van der Waals surface area (Å²) in [6, 6.07) is 3.48. The molecule has 2 aromatic rings. The summed E-state index contributed by atoms with van der Waals surface area (Å²) in [6.07, 6.45) is -1.37. The molecule has 3 rings (SSSR count). The van der Waals surface area contributed by atoms with Gasteiger partial charge in [-0.3, -0.25) is 0 Å². The second-order valence-electron chi connectivity index (χ2n) is 6.23. The number of cyclic esters (lactones) is 1. The van der Waals surface area contributed by atoms with Gasteiger partial charge in [-0.15, -0.1) is 0 Å². The minimum Gasteiger partial charge on any atom is -0.486 e. The molecule has 8 heteroatoms. The van der Waals surface area contributed by atoms with Gasteiger partial charge in [0.2, 0.25) is 5.76 Å². The van der Waals surface area contributed by atoms with E-state index in [-0.39, 0.29) is 35.1 Å². The minimum atomic E-state index is -1.37. The second kappa shape index (κ2) is 7.67. The van der Waals surface area contributed by atoms with Crippen LogP contribution in [-0.2, 0) is 23.8 Å². The topological polar surface area (TPSA) is 92.0 Å². The van der Waals surface area contributed by atoms with Crippen LogP contribution in [0.5, 0.6) is 0 Å². The quantitative estimate of drug-likeness (QED) is 0.554. The number of halogens is 1. The standard InChI is InChI=1S/C20H19ClO7/c1-5-25-17-14(18(22)26-6-2)16(28-20(17)24)13-15(21)11-7-9(3)10(4)8-12(11)27-19(13)23/h7-8,16H,5-6H2,1-4H3. The summed E-state index contributed by atoms with van der Waals surface area (Å²) in [4.78, 5) is 37.4. The number of carbonyl (C=O) groups is 2. The van der Waals surface area contributed by atoms with Crippen molar-refractivity contribution in [1.82, 2.24) is 0 Å². The first-order valence-corrected chi connectivity index (χ1v) is 9.16. The predicted molar refractivity (Wildman–Crippen MR) is 101 cm³/mol. The molecular formula is C20H19ClO7. The lowest BCUT2D eigenvalue weighted by Gasteiger charge is -2.15. The largest absolute Gasteiger partial charge is 0.486 e. The highest BCUT2D eigenvalue weighted by Crippen LogP contribution is 2.40. The van der Waals surface area contributed by atoms with E-state index in [4.69, 9.17) is 30.2 Å². The van der Waals surface area contributed by atoms with Crippen molar-refractivity contribution >= 4 is 34.5 Å². The number of ether oxygens (including phenoxy) is 3. The van der Waals surface area contributed by atoms with Crippen LogP contribution in [0, 0.1) is 13.8 Å². The highest BCUT2D eigenvalue weighted by atomic mass is 35.5. The normalized spacial score (nSPS) is 16.5. The average molecular weight is 407 g/mol. The van der Waals surface area contributed by atoms with E-state index in [1.165, 1.54) is 0 Å². The number of benzene rings is 1. The van der Waals surface area contributed by atoms with Gasteiger partial charge in [-0.05, 0) is 51.0 Å². The molecule has 148 valence electrons. The van der Waals surface area contributed by atoms with Crippen LogP contribution >= 0.6 is 11.6 Å². The van der Waals surface area contributed by atoms with Crippen molar-refractivity contribution in [2.75, 3.05) is 13.2 Å². The Morgan fingerprint density at radius 1 is 1.14 bits per heavy atom. The molecule has 28 heavy (non-hydrogen) atoms. The smallest absolute Gasteiger partial charge is 0.375 e. The van der Waals surface area contributed by atoms with Gasteiger partial charge in [0.25, 0.3) is 0 Å². The third-order valence-corrected chi connectivity index (χ3v) is 4.86. The summed E-state index contributed by atoms with van der Waals surface area (Å²) < 4.78 is 21.0. The van der Waals surface area contributed by atoms with Crippen LogP contribution in [0.1, 0.15) is 36.6 Å².